The molecule has 1 aliphatic carbocycles. The lowest BCUT2D eigenvalue weighted by atomic mass is 9.88. The molecule has 2 aromatic rings. The van der Waals surface area contributed by atoms with Gasteiger partial charge in [-0.2, -0.15) is 13.2 Å². The van der Waals surface area contributed by atoms with Crippen molar-refractivity contribution in [2.45, 2.75) is 12.6 Å². The molecule has 0 unspecified atom stereocenters. The van der Waals surface area contributed by atoms with Gasteiger partial charge in [0.2, 0.25) is 0 Å². The minimum atomic E-state index is -4.38. The topological polar surface area (TPSA) is 12.5 Å². The van der Waals surface area contributed by atoms with Crippen molar-refractivity contribution in [2.75, 3.05) is 11.9 Å². The monoisotopic (exact) mass is 399 g/mol. The van der Waals surface area contributed by atoms with Crippen LogP contribution in [0.25, 0.3) is 5.57 Å². The zero-order chi connectivity index (χ0) is 19.9. The Kier molecular flexibility index (Phi) is 4.59. The van der Waals surface area contributed by atoms with E-state index < -0.39 is 11.7 Å². The van der Waals surface area contributed by atoms with Crippen molar-refractivity contribution in [3.8, 4) is 5.75 Å². The Labute approximate surface area is 166 Å². The summed E-state index contributed by atoms with van der Waals surface area (Å²) >= 11 is 5.57. The van der Waals surface area contributed by atoms with Crippen molar-refractivity contribution in [3.63, 3.8) is 0 Å². The molecule has 0 aromatic heterocycles. The van der Waals surface area contributed by atoms with Crippen LogP contribution in [0.15, 0.2) is 78.0 Å². The van der Waals surface area contributed by atoms with Crippen molar-refractivity contribution in [3.05, 3.63) is 89.2 Å². The van der Waals surface area contributed by atoms with Crippen LogP contribution in [-0.4, -0.2) is 12.1 Å². The number of thiocarbonyl (C=S) groups is 1. The predicted molar refractivity (Wildman–Crippen MR) is 108 cm³/mol. The normalized spacial score (nSPS) is 15.7. The van der Waals surface area contributed by atoms with E-state index in [1.165, 1.54) is 12.1 Å². The number of allylic oxidation sites excluding steroid dienone is 4. The second-order valence-electron chi connectivity index (χ2n) is 6.53. The Balaban J connectivity index is 1.71. The summed E-state index contributed by atoms with van der Waals surface area (Å²) in [6, 6.07) is 12.4. The average Bonchev–Trinajstić information content (AvgIpc) is 2.68. The SMILES string of the molecule is CN1C2=CC=CCC2=C(C(=S)Oc2ccc(C(F)(F)F)cc2)c2ccccc21. The summed E-state index contributed by atoms with van der Waals surface area (Å²) < 4.78 is 44.1. The molecule has 1 heterocycles. The maximum Gasteiger partial charge on any atom is 0.416 e. The summed E-state index contributed by atoms with van der Waals surface area (Å²) in [5, 5.41) is 0.247. The fourth-order valence-corrected chi connectivity index (χ4v) is 3.80. The van der Waals surface area contributed by atoms with Gasteiger partial charge in [0.1, 0.15) is 5.75 Å². The molecule has 2 nitrogen and oxygen atoms in total. The number of halogens is 3. The van der Waals surface area contributed by atoms with Crippen LogP contribution >= 0.6 is 12.2 Å². The van der Waals surface area contributed by atoms with E-state index in [2.05, 4.69) is 4.90 Å². The average molecular weight is 399 g/mol. The van der Waals surface area contributed by atoms with Gasteiger partial charge in [-0.25, -0.2) is 0 Å². The summed E-state index contributed by atoms with van der Waals surface area (Å²) in [7, 11) is 2.00. The molecule has 0 N–H and O–H groups in total. The number of para-hydroxylation sites is 1. The van der Waals surface area contributed by atoms with Gasteiger partial charge in [0.15, 0.2) is 5.05 Å². The Morgan fingerprint density at radius 1 is 1.07 bits per heavy atom. The molecule has 0 atom stereocenters. The Bertz CT molecular complexity index is 1030. The van der Waals surface area contributed by atoms with Crippen LogP contribution in [0.5, 0.6) is 5.75 Å². The minimum absolute atomic E-state index is 0.247. The molecular weight excluding hydrogens is 383 g/mol. The van der Waals surface area contributed by atoms with Crippen molar-refractivity contribution in [2.24, 2.45) is 0 Å². The lowest BCUT2D eigenvalue weighted by Crippen LogP contribution is -2.27. The minimum Gasteiger partial charge on any atom is -0.445 e. The number of ether oxygens (including phenoxy) is 1. The first-order valence-electron chi connectivity index (χ1n) is 8.69. The van der Waals surface area contributed by atoms with Crippen molar-refractivity contribution < 1.29 is 17.9 Å². The first kappa shape index (κ1) is 18.5. The molecule has 4 rings (SSSR count). The number of fused-ring (bicyclic) bond motifs is 2. The predicted octanol–water partition coefficient (Wildman–Crippen LogP) is 6.16. The van der Waals surface area contributed by atoms with E-state index in [-0.39, 0.29) is 10.8 Å². The van der Waals surface area contributed by atoms with Gasteiger partial charge in [-0.15, -0.1) is 0 Å². The van der Waals surface area contributed by atoms with Crippen LogP contribution in [0.1, 0.15) is 17.5 Å². The second kappa shape index (κ2) is 6.95. The van der Waals surface area contributed by atoms with Gasteiger partial charge in [-0.3, -0.25) is 0 Å². The quantitative estimate of drug-likeness (QED) is 0.561. The van der Waals surface area contributed by atoms with Crippen LogP contribution in [0.4, 0.5) is 18.9 Å². The lowest BCUT2D eigenvalue weighted by molar-refractivity contribution is -0.137. The van der Waals surface area contributed by atoms with Crippen molar-refractivity contribution in [1.29, 1.82) is 0 Å². The van der Waals surface area contributed by atoms with E-state index in [1.54, 1.807) is 0 Å². The van der Waals surface area contributed by atoms with Gasteiger partial charge in [0, 0.05) is 29.6 Å². The maximum absolute atomic E-state index is 12.8. The summed E-state index contributed by atoms with van der Waals surface area (Å²) in [4.78, 5) is 2.11. The van der Waals surface area contributed by atoms with Gasteiger partial charge in [-0.05, 0) is 60.6 Å². The number of hydrogen-bond acceptors (Lipinski definition) is 3. The Morgan fingerprint density at radius 3 is 2.50 bits per heavy atom. The smallest absolute Gasteiger partial charge is 0.416 e. The zero-order valence-electron chi connectivity index (χ0n) is 15.0. The highest BCUT2D eigenvalue weighted by Crippen LogP contribution is 2.43. The second-order valence-corrected chi connectivity index (χ2v) is 6.90. The number of anilines is 1. The summed E-state index contributed by atoms with van der Waals surface area (Å²) in [5.41, 5.74) is 4.11. The number of likely N-dealkylation sites (N-methyl/N-ethyl adjacent to an activating group) is 1. The molecule has 6 heteroatoms. The van der Waals surface area contributed by atoms with Gasteiger partial charge >= 0.3 is 6.18 Å². The first-order chi connectivity index (χ1) is 13.4. The highest BCUT2D eigenvalue weighted by atomic mass is 32.1. The number of hydrogen-bond donors (Lipinski definition) is 0. The van der Waals surface area contributed by atoms with Gasteiger partial charge in [0.25, 0.3) is 0 Å². The summed E-state index contributed by atoms with van der Waals surface area (Å²) in [6.45, 7) is 0. The van der Waals surface area contributed by atoms with Crippen LogP contribution in [0.3, 0.4) is 0 Å². The van der Waals surface area contributed by atoms with Crippen LogP contribution in [-0.2, 0) is 6.18 Å². The van der Waals surface area contributed by atoms with Crippen LogP contribution in [0.2, 0.25) is 0 Å². The lowest BCUT2D eigenvalue weighted by Gasteiger charge is -2.35. The number of rotatable bonds is 2. The van der Waals surface area contributed by atoms with Crippen molar-refractivity contribution >= 4 is 28.5 Å². The fraction of sp³-hybridized carbons (Fsp3) is 0.136. The maximum atomic E-state index is 12.8. The van der Waals surface area contributed by atoms with E-state index in [1.807, 2.05) is 49.5 Å². The molecule has 2 aromatic carbocycles. The first-order valence-corrected chi connectivity index (χ1v) is 9.10. The molecular formula is C22H16F3NOS. The highest BCUT2D eigenvalue weighted by Gasteiger charge is 2.31. The van der Waals surface area contributed by atoms with Crippen LogP contribution < -0.4 is 9.64 Å². The number of benzene rings is 2. The van der Waals surface area contributed by atoms with E-state index in [0.717, 1.165) is 40.2 Å². The van der Waals surface area contributed by atoms with Crippen LogP contribution in [0, 0.1) is 0 Å². The van der Waals surface area contributed by atoms with E-state index in [0.29, 0.717) is 6.42 Å². The highest BCUT2D eigenvalue weighted by molar-refractivity contribution is 7.81. The van der Waals surface area contributed by atoms with Gasteiger partial charge in [0.05, 0.1) is 5.56 Å². The molecule has 2 aliphatic rings. The Hall–Kier alpha value is -2.86. The molecule has 0 fully saturated rings. The summed E-state index contributed by atoms with van der Waals surface area (Å²) in [5.74, 6) is 0.277. The van der Waals surface area contributed by atoms with Gasteiger partial charge in [-0.1, -0.05) is 30.4 Å². The molecule has 0 spiro atoms. The zero-order valence-corrected chi connectivity index (χ0v) is 15.8. The summed E-state index contributed by atoms with van der Waals surface area (Å²) in [6.07, 6.45) is 2.39. The molecule has 0 radical (unpaired) electrons. The van der Waals surface area contributed by atoms with E-state index in [4.69, 9.17) is 17.0 Å². The Morgan fingerprint density at radius 2 is 1.79 bits per heavy atom. The molecule has 0 amide bonds. The third kappa shape index (κ3) is 3.24. The third-order valence-electron chi connectivity index (χ3n) is 4.82. The van der Waals surface area contributed by atoms with Gasteiger partial charge < -0.3 is 9.64 Å². The molecule has 142 valence electrons. The molecule has 1 aliphatic heterocycles. The molecule has 0 bridgehead atoms. The van der Waals surface area contributed by atoms with Crippen molar-refractivity contribution in [1.82, 2.24) is 0 Å². The molecule has 28 heavy (non-hydrogen) atoms. The molecule has 0 saturated heterocycles. The molecule has 0 saturated carbocycles. The van der Waals surface area contributed by atoms with E-state index >= 15 is 0 Å². The van der Waals surface area contributed by atoms with E-state index in [9.17, 15) is 13.2 Å². The third-order valence-corrected chi connectivity index (χ3v) is 5.10. The fourth-order valence-electron chi connectivity index (χ4n) is 3.47. The standard InChI is InChI=1S/C22H16F3NOS/c1-26-18-8-4-2-6-16(18)20(17-7-3-5-9-19(17)26)21(28)27-15-12-10-14(11-13-15)22(23,24)25/h2-6,8-13H,7H2,1H3. The number of nitrogens with zero attached hydrogens (tertiary/aromatic N) is 1. The number of alkyl halides is 3. The largest absolute Gasteiger partial charge is 0.445 e.